The molecule has 5 aliphatic rings. The Kier molecular flexibility index (Phi) is 4.79. The Bertz CT molecular complexity index is 770. The number of hydrogen-bond acceptors (Lipinski definition) is 3. The van der Waals surface area contributed by atoms with Crippen LogP contribution in [0.5, 0.6) is 5.75 Å². The van der Waals surface area contributed by atoms with Crippen LogP contribution in [0.25, 0.3) is 0 Å². The van der Waals surface area contributed by atoms with Crippen LogP contribution in [0.2, 0.25) is 0 Å². The van der Waals surface area contributed by atoms with E-state index < -0.39 is 0 Å². The molecule has 156 valence electrons. The SMILES string of the molecule is O=C(CC12CC3CC(CC(C3)C1)C2)N1CCCN(C(=O)c2ccccc2O)CC1. The maximum absolute atomic E-state index is 13.2. The molecular weight excluding hydrogens is 364 g/mol. The van der Waals surface area contributed by atoms with E-state index in [1.54, 1.807) is 29.2 Å². The Morgan fingerprint density at radius 2 is 1.48 bits per heavy atom. The number of hydrogen-bond donors (Lipinski definition) is 1. The van der Waals surface area contributed by atoms with Gasteiger partial charge in [0.1, 0.15) is 5.75 Å². The molecule has 0 spiro atoms. The number of para-hydroxylation sites is 1. The summed E-state index contributed by atoms with van der Waals surface area (Å²) in [6, 6.07) is 6.70. The molecule has 1 aromatic carbocycles. The van der Waals surface area contributed by atoms with Crippen molar-refractivity contribution >= 4 is 11.8 Å². The van der Waals surface area contributed by atoms with Crippen LogP contribution in [0.15, 0.2) is 24.3 Å². The first-order valence-corrected chi connectivity index (χ1v) is 11.4. The van der Waals surface area contributed by atoms with E-state index in [0.29, 0.717) is 37.5 Å². The molecule has 2 amide bonds. The smallest absolute Gasteiger partial charge is 0.257 e. The van der Waals surface area contributed by atoms with Gasteiger partial charge < -0.3 is 14.9 Å². The average molecular weight is 397 g/mol. The van der Waals surface area contributed by atoms with Crippen LogP contribution in [0.3, 0.4) is 0 Å². The molecular formula is C24H32N2O3. The van der Waals surface area contributed by atoms with Gasteiger partial charge in [-0.2, -0.15) is 0 Å². The van der Waals surface area contributed by atoms with Gasteiger partial charge in [0.15, 0.2) is 0 Å². The third-order valence-electron chi connectivity index (χ3n) is 7.96. The summed E-state index contributed by atoms with van der Waals surface area (Å²) in [6.07, 6.45) is 9.50. The van der Waals surface area contributed by atoms with Gasteiger partial charge in [-0.05, 0) is 80.2 Å². The van der Waals surface area contributed by atoms with Crippen LogP contribution in [0.1, 0.15) is 61.7 Å². The summed E-state index contributed by atoms with van der Waals surface area (Å²) >= 11 is 0. The van der Waals surface area contributed by atoms with Crippen molar-refractivity contribution < 1.29 is 14.7 Å². The molecule has 1 aromatic rings. The Morgan fingerprint density at radius 3 is 2.14 bits per heavy atom. The van der Waals surface area contributed by atoms with Crippen molar-refractivity contribution in [2.24, 2.45) is 23.2 Å². The molecule has 5 fully saturated rings. The van der Waals surface area contributed by atoms with E-state index in [-0.39, 0.29) is 17.1 Å². The third-order valence-corrected chi connectivity index (χ3v) is 7.96. The molecule has 5 nitrogen and oxygen atoms in total. The van der Waals surface area contributed by atoms with E-state index in [0.717, 1.165) is 30.7 Å². The summed E-state index contributed by atoms with van der Waals surface area (Å²) in [6.45, 7) is 2.51. The zero-order valence-corrected chi connectivity index (χ0v) is 17.2. The second-order valence-corrected chi connectivity index (χ2v) is 10.1. The summed E-state index contributed by atoms with van der Waals surface area (Å²) < 4.78 is 0. The van der Waals surface area contributed by atoms with Crippen molar-refractivity contribution in [2.75, 3.05) is 26.2 Å². The van der Waals surface area contributed by atoms with Gasteiger partial charge in [0.2, 0.25) is 5.91 Å². The van der Waals surface area contributed by atoms with Gasteiger partial charge in [-0.1, -0.05) is 12.1 Å². The molecule has 0 radical (unpaired) electrons. The van der Waals surface area contributed by atoms with Crippen molar-refractivity contribution in [1.29, 1.82) is 0 Å². The third kappa shape index (κ3) is 3.64. The van der Waals surface area contributed by atoms with Crippen LogP contribution in [0.4, 0.5) is 0 Å². The first-order chi connectivity index (χ1) is 14.0. The van der Waals surface area contributed by atoms with E-state index in [1.165, 1.54) is 38.5 Å². The van der Waals surface area contributed by atoms with Crippen molar-refractivity contribution in [3.8, 4) is 5.75 Å². The number of nitrogens with zero attached hydrogens (tertiary/aromatic N) is 2. The average Bonchev–Trinajstić information content (AvgIpc) is 2.93. The van der Waals surface area contributed by atoms with Crippen molar-refractivity contribution in [3.63, 3.8) is 0 Å². The number of carbonyl (C=O) groups is 2. The highest BCUT2D eigenvalue weighted by atomic mass is 16.3. The molecule has 1 heterocycles. The molecule has 0 atom stereocenters. The highest BCUT2D eigenvalue weighted by molar-refractivity contribution is 5.96. The zero-order valence-electron chi connectivity index (χ0n) is 17.2. The fraction of sp³-hybridized carbons (Fsp3) is 0.667. The minimum atomic E-state index is -0.140. The van der Waals surface area contributed by atoms with Crippen LogP contribution in [0, 0.1) is 23.2 Å². The Labute approximate surface area is 173 Å². The van der Waals surface area contributed by atoms with E-state index in [1.807, 2.05) is 4.90 Å². The van der Waals surface area contributed by atoms with E-state index >= 15 is 0 Å². The van der Waals surface area contributed by atoms with Crippen LogP contribution in [-0.4, -0.2) is 52.9 Å². The number of carbonyl (C=O) groups excluding carboxylic acids is 2. The zero-order chi connectivity index (χ0) is 20.0. The number of rotatable bonds is 3. The van der Waals surface area contributed by atoms with Crippen LogP contribution in [-0.2, 0) is 4.79 Å². The summed E-state index contributed by atoms with van der Waals surface area (Å²) in [5, 5.41) is 10.00. The quantitative estimate of drug-likeness (QED) is 0.848. The van der Waals surface area contributed by atoms with Gasteiger partial charge in [-0.25, -0.2) is 0 Å². The number of phenols is 1. The second kappa shape index (κ2) is 7.33. The maximum Gasteiger partial charge on any atom is 0.257 e. The number of amides is 2. The summed E-state index contributed by atoms with van der Waals surface area (Å²) in [4.78, 5) is 29.8. The standard InChI is InChI=1S/C24H32N2O3/c27-21-5-2-1-4-20(21)23(29)26-7-3-6-25(8-9-26)22(28)16-24-13-17-10-18(14-24)12-19(11-17)15-24/h1-2,4-5,17-19,27H,3,6-16H2. The van der Waals surface area contributed by atoms with Gasteiger partial charge in [-0.15, -0.1) is 0 Å². The molecule has 5 heteroatoms. The molecule has 1 aliphatic heterocycles. The Morgan fingerprint density at radius 1 is 0.897 bits per heavy atom. The molecule has 0 unspecified atom stereocenters. The van der Waals surface area contributed by atoms with Gasteiger partial charge in [0.05, 0.1) is 5.56 Å². The van der Waals surface area contributed by atoms with Gasteiger partial charge >= 0.3 is 0 Å². The van der Waals surface area contributed by atoms with Gasteiger partial charge in [-0.3, -0.25) is 9.59 Å². The molecule has 29 heavy (non-hydrogen) atoms. The molecule has 4 bridgehead atoms. The van der Waals surface area contributed by atoms with Gasteiger partial charge in [0, 0.05) is 32.6 Å². The first kappa shape index (κ1) is 19.0. The van der Waals surface area contributed by atoms with E-state index in [9.17, 15) is 14.7 Å². The maximum atomic E-state index is 13.2. The van der Waals surface area contributed by atoms with E-state index in [2.05, 4.69) is 0 Å². The Balaban J connectivity index is 1.21. The Hall–Kier alpha value is -2.04. The summed E-state index contributed by atoms with van der Waals surface area (Å²) in [5.74, 6) is 2.78. The van der Waals surface area contributed by atoms with Gasteiger partial charge in [0.25, 0.3) is 5.91 Å². The number of aromatic hydroxyl groups is 1. The second-order valence-electron chi connectivity index (χ2n) is 10.1. The lowest BCUT2D eigenvalue weighted by atomic mass is 9.49. The van der Waals surface area contributed by atoms with Crippen molar-refractivity contribution in [2.45, 2.75) is 51.4 Å². The lowest BCUT2D eigenvalue weighted by Gasteiger charge is -2.57. The minimum absolute atomic E-state index is 0.0245. The monoisotopic (exact) mass is 396 g/mol. The molecule has 4 saturated carbocycles. The molecule has 4 aliphatic carbocycles. The topological polar surface area (TPSA) is 60.9 Å². The molecule has 6 rings (SSSR count). The molecule has 1 saturated heterocycles. The normalized spacial score (nSPS) is 33.6. The number of benzene rings is 1. The minimum Gasteiger partial charge on any atom is -0.507 e. The molecule has 1 N–H and O–H groups in total. The van der Waals surface area contributed by atoms with Crippen LogP contribution >= 0.6 is 0 Å². The predicted octanol–water partition coefficient (Wildman–Crippen LogP) is 3.67. The predicted molar refractivity (Wildman–Crippen MR) is 110 cm³/mol. The summed E-state index contributed by atoms with van der Waals surface area (Å²) in [7, 11) is 0. The largest absolute Gasteiger partial charge is 0.507 e. The fourth-order valence-electron chi connectivity index (χ4n) is 7.13. The van der Waals surface area contributed by atoms with E-state index in [4.69, 9.17) is 0 Å². The number of phenolic OH excluding ortho intramolecular Hbond substituents is 1. The lowest BCUT2D eigenvalue weighted by molar-refractivity contribution is -0.139. The summed E-state index contributed by atoms with van der Waals surface area (Å²) in [5.41, 5.74) is 0.615. The lowest BCUT2D eigenvalue weighted by Crippen LogP contribution is -2.48. The van der Waals surface area contributed by atoms with Crippen molar-refractivity contribution in [1.82, 2.24) is 9.80 Å². The van der Waals surface area contributed by atoms with Crippen molar-refractivity contribution in [3.05, 3.63) is 29.8 Å². The highest BCUT2D eigenvalue weighted by Crippen LogP contribution is 2.61. The van der Waals surface area contributed by atoms with Crippen LogP contribution < -0.4 is 0 Å². The fourth-order valence-corrected chi connectivity index (χ4v) is 7.13. The first-order valence-electron chi connectivity index (χ1n) is 11.4. The highest BCUT2D eigenvalue weighted by Gasteiger charge is 2.51. The molecule has 0 aromatic heterocycles.